The molecule has 0 bridgehead atoms. The number of carbonyl (C=O) groups excluding carboxylic acids is 2. The molecule has 5 nitrogen and oxygen atoms in total. The molecule has 1 aliphatic rings. The topological polar surface area (TPSA) is 71.4 Å². The Morgan fingerprint density at radius 1 is 1.15 bits per heavy atom. The Morgan fingerprint density at radius 2 is 1.81 bits per heavy atom. The van der Waals surface area contributed by atoms with Crippen molar-refractivity contribution in [3.8, 4) is 0 Å². The van der Waals surface area contributed by atoms with Gasteiger partial charge in [0.25, 0.3) is 0 Å². The van der Waals surface area contributed by atoms with E-state index in [2.05, 4.69) is 0 Å². The maximum atomic E-state index is 12.9. The number of ketones is 1. The molecular weight excluding hydrogens is 350 g/mol. The number of ether oxygens (including phenoxy) is 1. The van der Waals surface area contributed by atoms with Gasteiger partial charge in [-0.05, 0) is 74.8 Å². The number of rotatable bonds is 4. The normalized spacial score (nSPS) is 17.7. The van der Waals surface area contributed by atoms with Crippen LogP contribution in [0.2, 0.25) is 0 Å². The van der Waals surface area contributed by atoms with Crippen LogP contribution < -0.4 is 0 Å². The molecule has 6 heteroatoms. The van der Waals surface area contributed by atoms with Crippen molar-refractivity contribution in [2.45, 2.75) is 49.3 Å². The van der Waals surface area contributed by atoms with Crippen LogP contribution in [0, 0.1) is 0 Å². The quantitative estimate of drug-likeness (QED) is 0.468. The van der Waals surface area contributed by atoms with Crippen LogP contribution in [0.1, 0.15) is 54.9 Å². The molecule has 138 valence electrons. The highest BCUT2D eigenvalue weighted by Gasteiger charge is 2.33. The first-order chi connectivity index (χ1) is 12.2. The summed E-state index contributed by atoms with van der Waals surface area (Å²) in [6, 6.07) is 10.5. The van der Waals surface area contributed by atoms with E-state index in [4.69, 9.17) is 4.74 Å². The van der Waals surface area contributed by atoms with Gasteiger partial charge in [-0.2, -0.15) is 0 Å². The average Bonchev–Trinajstić information content (AvgIpc) is 3.21. The molecular formula is C20H23NO4S. The third-order valence-corrected chi connectivity index (χ3v) is 6.43. The molecule has 0 N–H and O–H groups in total. The predicted molar refractivity (Wildman–Crippen MR) is 99.8 cm³/mol. The second-order valence-corrected chi connectivity index (χ2v) is 9.63. The number of methoxy groups -OCH3 is 1. The molecule has 0 spiro atoms. The number of hydrogen-bond acceptors (Lipinski definition) is 4. The monoisotopic (exact) mass is 373 g/mol. The SMILES string of the molecule is COC(=O)C1CCn2c(C(=O)c3ccc([S+]([O-])C(C)(C)C)cc3)ccc21. The summed E-state index contributed by atoms with van der Waals surface area (Å²) in [5.41, 5.74) is 1.93. The summed E-state index contributed by atoms with van der Waals surface area (Å²) in [4.78, 5) is 25.4. The molecule has 3 rings (SSSR count). The Balaban J connectivity index is 1.84. The molecule has 1 aromatic carbocycles. The van der Waals surface area contributed by atoms with Crippen molar-refractivity contribution in [1.82, 2.24) is 4.57 Å². The molecule has 2 unspecified atom stereocenters. The van der Waals surface area contributed by atoms with Gasteiger partial charge in [0.15, 0.2) is 4.90 Å². The minimum Gasteiger partial charge on any atom is -0.611 e. The summed E-state index contributed by atoms with van der Waals surface area (Å²) in [7, 11) is 1.38. The van der Waals surface area contributed by atoms with Gasteiger partial charge in [0.05, 0.1) is 18.7 Å². The van der Waals surface area contributed by atoms with E-state index in [-0.39, 0.29) is 22.4 Å². The van der Waals surface area contributed by atoms with Crippen LogP contribution in [0.25, 0.3) is 0 Å². The van der Waals surface area contributed by atoms with Crippen molar-refractivity contribution in [3.05, 3.63) is 53.3 Å². The van der Waals surface area contributed by atoms with E-state index in [0.717, 1.165) is 5.69 Å². The zero-order valence-electron chi connectivity index (χ0n) is 15.4. The van der Waals surface area contributed by atoms with Gasteiger partial charge in [-0.3, -0.25) is 9.59 Å². The van der Waals surface area contributed by atoms with E-state index in [1.807, 2.05) is 31.4 Å². The van der Waals surface area contributed by atoms with E-state index in [0.29, 0.717) is 29.1 Å². The molecule has 1 aromatic heterocycles. The number of hydrogen-bond donors (Lipinski definition) is 0. The Bertz CT molecular complexity index is 832. The van der Waals surface area contributed by atoms with Crippen molar-refractivity contribution in [1.29, 1.82) is 0 Å². The van der Waals surface area contributed by atoms with Gasteiger partial charge < -0.3 is 13.9 Å². The van der Waals surface area contributed by atoms with Crippen LogP contribution in [0.4, 0.5) is 0 Å². The lowest BCUT2D eigenvalue weighted by atomic mass is 10.1. The fourth-order valence-corrected chi connectivity index (χ4v) is 4.34. The van der Waals surface area contributed by atoms with Gasteiger partial charge in [-0.1, -0.05) is 0 Å². The Kier molecular flexibility index (Phi) is 4.99. The van der Waals surface area contributed by atoms with E-state index in [9.17, 15) is 14.1 Å². The summed E-state index contributed by atoms with van der Waals surface area (Å²) in [6.07, 6.45) is 0.645. The first-order valence-corrected chi connectivity index (χ1v) is 9.73. The van der Waals surface area contributed by atoms with Crippen molar-refractivity contribution < 1.29 is 18.9 Å². The predicted octanol–water partition coefficient (Wildman–Crippen LogP) is 3.29. The van der Waals surface area contributed by atoms with Crippen molar-refractivity contribution in [2.24, 2.45) is 0 Å². The van der Waals surface area contributed by atoms with Crippen molar-refractivity contribution in [3.63, 3.8) is 0 Å². The molecule has 0 aliphatic carbocycles. The maximum absolute atomic E-state index is 12.9. The maximum Gasteiger partial charge on any atom is 0.314 e. The van der Waals surface area contributed by atoms with Gasteiger partial charge >= 0.3 is 5.97 Å². The highest BCUT2D eigenvalue weighted by Crippen LogP contribution is 2.32. The lowest BCUT2D eigenvalue weighted by Crippen LogP contribution is -2.27. The van der Waals surface area contributed by atoms with Gasteiger partial charge in [0, 0.05) is 17.8 Å². The third-order valence-electron chi connectivity index (χ3n) is 4.62. The molecule has 0 amide bonds. The fourth-order valence-electron chi connectivity index (χ4n) is 3.25. The summed E-state index contributed by atoms with van der Waals surface area (Å²) in [5.74, 6) is -0.678. The largest absolute Gasteiger partial charge is 0.611 e. The summed E-state index contributed by atoms with van der Waals surface area (Å²) in [6.45, 7) is 6.38. The minimum absolute atomic E-state index is 0.102. The number of fused-ring (bicyclic) bond motifs is 1. The van der Waals surface area contributed by atoms with Crippen LogP contribution in [-0.4, -0.2) is 32.7 Å². The van der Waals surface area contributed by atoms with Crippen molar-refractivity contribution >= 4 is 22.9 Å². The van der Waals surface area contributed by atoms with Crippen LogP contribution >= 0.6 is 0 Å². The van der Waals surface area contributed by atoms with E-state index in [1.54, 1.807) is 30.3 Å². The Hall–Kier alpha value is -2.05. The van der Waals surface area contributed by atoms with Crippen LogP contribution in [-0.2, 0) is 27.3 Å². The number of nitrogens with zero attached hydrogens (tertiary/aromatic N) is 1. The lowest BCUT2D eigenvalue weighted by Gasteiger charge is -2.23. The zero-order chi connectivity index (χ0) is 19.1. The van der Waals surface area contributed by atoms with Gasteiger partial charge in [-0.25, -0.2) is 0 Å². The van der Waals surface area contributed by atoms with E-state index < -0.39 is 11.2 Å². The number of benzene rings is 1. The third kappa shape index (κ3) is 3.31. The number of carbonyl (C=O) groups is 2. The summed E-state index contributed by atoms with van der Waals surface area (Å²) < 4.78 is 18.8. The van der Waals surface area contributed by atoms with Crippen LogP contribution in [0.5, 0.6) is 0 Å². The summed E-state index contributed by atoms with van der Waals surface area (Å²) in [5, 5.41) is 0. The number of esters is 1. The smallest absolute Gasteiger partial charge is 0.314 e. The average molecular weight is 373 g/mol. The molecule has 2 atom stereocenters. The number of aromatic nitrogens is 1. The molecule has 2 aromatic rings. The molecule has 0 saturated carbocycles. The molecule has 1 aliphatic heterocycles. The second-order valence-electron chi connectivity index (χ2n) is 7.39. The first-order valence-electron chi connectivity index (χ1n) is 8.58. The summed E-state index contributed by atoms with van der Waals surface area (Å²) >= 11 is -1.14. The highest BCUT2D eigenvalue weighted by molar-refractivity contribution is 7.92. The molecule has 0 radical (unpaired) electrons. The van der Waals surface area contributed by atoms with Crippen LogP contribution in [0.3, 0.4) is 0 Å². The Morgan fingerprint density at radius 3 is 2.38 bits per heavy atom. The molecule has 26 heavy (non-hydrogen) atoms. The fraction of sp³-hybridized carbons (Fsp3) is 0.400. The molecule has 2 heterocycles. The van der Waals surface area contributed by atoms with Crippen LogP contribution in [0.15, 0.2) is 41.3 Å². The minimum atomic E-state index is -1.14. The lowest BCUT2D eigenvalue weighted by molar-refractivity contribution is -0.142. The zero-order valence-corrected chi connectivity index (χ0v) is 16.3. The van der Waals surface area contributed by atoms with E-state index in [1.165, 1.54) is 7.11 Å². The molecule has 0 saturated heterocycles. The van der Waals surface area contributed by atoms with Gasteiger partial charge in [0.2, 0.25) is 5.78 Å². The molecule has 0 fully saturated rings. The second kappa shape index (κ2) is 6.93. The highest BCUT2D eigenvalue weighted by atomic mass is 32.2. The van der Waals surface area contributed by atoms with E-state index >= 15 is 0 Å². The van der Waals surface area contributed by atoms with Crippen molar-refractivity contribution in [2.75, 3.05) is 7.11 Å². The standard InChI is InChI=1S/C20H23NO4S/c1-20(2,3)26(24)14-7-5-13(6-8-14)18(22)17-10-9-16-15(19(23)25-4)11-12-21(16)17/h5-10,15H,11-12H2,1-4H3. The van der Waals surface area contributed by atoms with Gasteiger partial charge in [0.1, 0.15) is 4.75 Å². The Labute approximate surface area is 156 Å². The van der Waals surface area contributed by atoms with Gasteiger partial charge in [-0.15, -0.1) is 0 Å². The first kappa shape index (κ1) is 18.7.